The number of benzene rings is 1. The molecule has 1 heterocycles. The highest BCUT2D eigenvalue weighted by molar-refractivity contribution is 6.17. The number of hydrogen-bond acceptors (Lipinski definition) is 2. The van der Waals surface area contributed by atoms with Gasteiger partial charge in [-0.15, -0.1) is 11.6 Å². The van der Waals surface area contributed by atoms with E-state index in [1.807, 2.05) is 6.07 Å². The Hall–Kier alpha value is -1.02. The van der Waals surface area contributed by atoms with Crippen LogP contribution >= 0.6 is 11.6 Å². The summed E-state index contributed by atoms with van der Waals surface area (Å²) >= 11 is 5.63. The van der Waals surface area contributed by atoms with Crippen molar-refractivity contribution in [3.63, 3.8) is 0 Å². The van der Waals surface area contributed by atoms with Gasteiger partial charge in [-0.3, -0.25) is 0 Å². The zero-order chi connectivity index (χ0) is 10.7. The first-order valence-electron chi connectivity index (χ1n) is 5.27. The van der Waals surface area contributed by atoms with E-state index in [0.29, 0.717) is 5.88 Å². The molecule has 3 heteroatoms. The molecule has 0 aliphatic carbocycles. The van der Waals surface area contributed by atoms with Crippen LogP contribution in [0.4, 0.5) is 0 Å². The molecule has 80 valence electrons. The summed E-state index contributed by atoms with van der Waals surface area (Å²) in [5.74, 6) is 1.44. The second-order valence-corrected chi connectivity index (χ2v) is 3.93. The van der Waals surface area contributed by atoms with Crippen LogP contribution in [-0.4, -0.2) is 10.9 Å². The maximum absolute atomic E-state index is 5.63. The first-order valence-corrected chi connectivity index (χ1v) is 5.81. The molecule has 0 unspecified atom stereocenters. The number of alkyl halides is 1. The standard InChI is InChI=1S/C12H14ClNO/c1-2-9-5-6-11-10(8-9)14-12(15-11)4-3-7-13/h5-6,8H,2-4,7H2,1H3. The van der Waals surface area contributed by atoms with Gasteiger partial charge in [-0.2, -0.15) is 0 Å². The minimum atomic E-state index is 0.652. The van der Waals surface area contributed by atoms with E-state index in [9.17, 15) is 0 Å². The van der Waals surface area contributed by atoms with Crippen LogP contribution in [0.15, 0.2) is 22.6 Å². The Labute approximate surface area is 94.3 Å². The molecule has 2 nitrogen and oxygen atoms in total. The quantitative estimate of drug-likeness (QED) is 0.741. The van der Waals surface area contributed by atoms with Gasteiger partial charge in [0.2, 0.25) is 0 Å². The highest BCUT2D eigenvalue weighted by Gasteiger charge is 2.05. The predicted octanol–water partition coefficient (Wildman–Crippen LogP) is 3.56. The average molecular weight is 224 g/mol. The molecule has 0 saturated carbocycles. The summed E-state index contributed by atoms with van der Waals surface area (Å²) in [6.45, 7) is 2.13. The molecule has 2 aromatic rings. The van der Waals surface area contributed by atoms with Gasteiger partial charge in [0.05, 0.1) is 0 Å². The summed E-state index contributed by atoms with van der Waals surface area (Å²) in [6, 6.07) is 6.16. The van der Waals surface area contributed by atoms with Gasteiger partial charge in [0.25, 0.3) is 0 Å². The maximum Gasteiger partial charge on any atom is 0.195 e. The van der Waals surface area contributed by atoms with Crippen LogP contribution in [0.2, 0.25) is 0 Å². The van der Waals surface area contributed by atoms with Crippen LogP contribution in [0.3, 0.4) is 0 Å². The zero-order valence-electron chi connectivity index (χ0n) is 8.79. The second-order valence-electron chi connectivity index (χ2n) is 3.56. The molecule has 1 aromatic carbocycles. The van der Waals surface area contributed by atoms with Crippen LogP contribution < -0.4 is 0 Å². The van der Waals surface area contributed by atoms with Crippen LogP contribution in [-0.2, 0) is 12.8 Å². The van der Waals surface area contributed by atoms with E-state index in [1.54, 1.807) is 0 Å². The van der Waals surface area contributed by atoms with Crippen molar-refractivity contribution in [1.82, 2.24) is 4.98 Å². The fourth-order valence-electron chi connectivity index (χ4n) is 1.57. The monoisotopic (exact) mass is 223 g/mol. The molecular formula is C12H14ClNO. The van der Waals surface area contributed by atoms with Crippen LogP contribution in [0.25, 0.3) is 11.1 Å². The molecule has 0 bridgehead atoms. The van der Waals surface area contributed by atoms with Crippen LogP contribution in [0.5, 0.6) is 0 Å². The van der Waals surface area contributed by atoms with Crippen molar-refractivity contribution in [3.8, 4) is 0 Å². The summed E-state index contributed by atoms with van der Waals surface area (Å²) in [4.78, 5) is 4.43. The zero-order valence-corrected chi connectivity index (χ0v) is 9.55. The lowest BCUT2D eigenvalue weighted by Crippen LogP contribution is -1.85. The summed E-state index contributed by atoms with van der Waals surface area (Å²) < 4.78 is 5.60. The number of hydrogen-bond donors (Lipinski definition) is 0. The lowest BCUT2D eigenvalue weighted by atomic mass is 10.1. The molecule has 1 aromatic heterocycles. The minimum absolute atomic E-state index is 0.652. The van der Waals surface area contributed by atoms with Crippen molar-refractivity contribution in [2.45, 2.75) is 26.2 Å². The van der Waals surface area contributed by atoms with Crippen molar-refractivity contribution < 1.29 is 4.42 Å². The summed E-state index contributed by atoms with van der Waals surface area (Å²) in [6.07, 6.45) is 2.76. The molecule has 0 fully saturated rings. The van der Waals surface area contributed by atoms with Gasteiger partial charge in [-0.25, -0.2) is 4.98 Å². The van der Waals surface area contributed by atoms with Crippen molar-refractivity contribution in [1.29, 1.82) is 0 Å². The first-order chi connectivity index (χ1) is 7.33. The van der Waals surface area contributed by atoms with Crippen molar-refractivity contribution in [2.75, 3.05) is 5.88 Å². The van der Waals surface area contributed by atoms with E-state index in [2.05, 4.69) is 24.0 Å². The van der Waals surface area contributed by atoms with E-state index >= 15 is 0 Å². The van der Waals surface area contributed by atoms with Gasteiger partial charge in [-0.05, 0) is 30.5 Å². The summed E-state index contributed by atoms with van der Waals surface area (Å²) in [5, 5.41) is 0. The Kier molecular flexibility index (Phi) is 3.27. The Morgan fingerprint density at radius 1 is 1.40 bits per heavy atom. The molecule has 0 saturated heterocycles. The van der Waals surface area contributed by atoms with Crippen LogP contribution in [0, 0.1) is 0 Å². The van der Waals surface area contributed by atoms with Gasteiger partial charge < -0.3 is 4.42 Å². The average Bonchev–Trinajstić information content (AvgIpc) is 2.67. The molecule has 2 rings (SSSR count). The van der Waals surface area contributed by atoms with Gasteiger partial charge in [0.15, 0.2) is 11.5 Å². The molecule has 0 radical (unpaired) electrons. The Balaban J connectivity index is 2.29. The van der Waals surface area contributed by atoms with Crippen LogP contribution in [0.1, 0.15) is 24.8 Å². The summed E-state index contributed by atoms with van der Waals surface area (Å²) in [7, 11) is 0. The van der Waals surface area contributed by atoms with Crippen molar-refractivity contribution in [2.24, 2.45) is 0 Å². The molecule has 0 spiro atoms. The molecule has 0 aliphatic rings. The molecule has 15 heavy (non-hydrogen) atoms. The first kappa shape index (κ1) is 10.5. The van der Waals surface area contributed by atoms with Gasteiger partial charge in [-0.1, -0.05) is 13.0 Å². The van der Waals surface area contributed by atoms with Crippen molar-refractivity contribution in [3.05, 3.63) is 29.7 Å². The SMILES string of the molecule is CCc1ccc2oc(CCCCl)nc2c1. The fourth-order valence-corrected chi connectivity index (χ4v) is 1.70. The van der Waals surface area contributed by atoms with E-state index in [4.69, 9.17) is 16.0 Å². The predicted molar refractivity (Wildman–Crippen MR) is 62.4 cm³/mol. The molecular weight excluding hydrogens is 210 g/mol. The maximum atomic E-state index is 5.63. The molecule has 0 atom stereocenters. The van der Waals surface area contributed by atoms with E-state index in [1.165, 1.54) is 5.56 Å². The van der Waals surface area contributed by atoms with Gasteiger partial charge >= 0.3 is 0 Å². The number of oxazole rings is 1. The largest absolute Gasteiger partial charge is 0.441 e. The third-order valence-electron chi connectivity index (χ3n) is 2.43. The number of nitrogens with zero attached hydrogens (tertiary/aromatic N) is 1. The second kappa shape index (κ2) is 4.67. The normalized spacial score (nSPS) is 11.1. The number of aromatic nitrogens is 1. The molecule has 0 N–H and O–H groups in total. The van der Waals surface area contributed by atoms with Crippen molar-refractivity contribution >= 4 is 22.7 Å². The summed E-state index contributed by atoms with van der Waals surface area (Å²) in [5.41, 5.74) is 3.12. The Bertz CT molecular complexity index is 450. The lowest BCUT2D eigenvalue weighted by Gasteiger charge is -1.92. The van der Waals surface area contributed by atoms with E-state index < -0.39 is 0 Å². The van der Waals surface area contributed by atoms with Gasteiger partial charge in [0.1, 0.15) is 5.52 Å². The highest BCUT2D eigenvalue weighted by Crippen LogP contribution is 2.18. The lowest BCUT2D eigenvalue weighted by molar-refractivity contribution is 0.526. The molecule has 0 amide bonds. The number of fused-ring (bicyclic) bond motifs is 1. The third kappa shape index (κ3) is 2.32. The highest BCUT2D eigenvalue weighted by atomic mass is 35.5. The number of aryl methyl sites for hydroxylation is 2. The molecule has 0 aliphatic heterocycles. The Morgan fingerprint density at radius 2 is 2.27 bits per heavy atom. The number of halogens is 1. The topological polar surface area (TPSA) is 26.0 Å². The fraction of sp³-hybridized carbons (Fsp3) is 0.417. The Morgan fingerprint density at radius 3 is 3.00 bits per heavy atom. The third-order valence-corrected chi connectivity index (χ3v) is 2.70. The van der Waals surface area contributed by atoms with E-state index in [-0.39, 0.29) is 0 Å². The smallest absolute Gasteiger partial charge is 0.195 e. The van der Waals surface area contributed by atoms with E-state index in [0.717, 1.165) is 36.3 Å². The van der Waals surface area contributed by atoms with Gasteiger partial charge in [0, 0.05) is 12.3 Å². The number of rotatable bonds is 4. The minimum Gasteiger partial charge on any atom is -0.441 e.